The van der Waals surface area contributed by atoms with E-state index in [0.29, 0.717) is 5.82 Å². The monoisotopic (exact) mass is 225 g/mol. The quantitative estimate of drug-likeness (QED) is 0.690. The van der Waals surface area contributed by atoms with E-state index in [9.17, 15) is 0 Å². The molecular formula is C12H11N5. The van der Waals surface area contributed by atoms with E-state index in [0.717, 1.165) is 16.3 Å². The topological polar surface area (TPSA) is 80.5 Å². The largest absolute Gasteiger partial charge is 0.318 e. The lowest BCUT2D eigenvalue weighted by Crippen LogP contribution is -2.14. The number of H-pyrrole nitrogens is 1. The fourth-order valence-corrected chi connectivity index (χ4v) is 1.90. The van der Waals surface area contributed by atoms with Crippen LogP contribution in [0.1, 0.15) is 17.4 Å². The number of nitrogens with zero attached hydrogens (tertiary/aromatic N) is 3. The van der Waals surface area contributed by atoms with Crippen LogP contribution in [0.2, 0.25) is 0 Å². The number of fused-ring (bicyclic) bond motifs is 1. The zero-order valence-electron chi connectivity index (χ0n) is 9.04. The first-order chi connectivity index (χ1) is 8.36. The Kier molecular flexibility index (Phi) is 2.31. The van der Waals surface area contributed by atoms with Crippen LogP contribution in [0.5, 0.6) is 0 Å². The van der Waals surface area contributed by atoms with E-state index in [4.69, 9.17) is 5.73 Å². The summed E-state index contributed by atoms with van der Waals surface area (Å²) in [4.78, 5) is 8.28. The van der Waals surface area contributed by atoms with Crippen molar-refractivity contribution in [3.8, 4) is 0 Å². The van der Waals surface area contributed by atoms with E-state index in [1.807, 2.05) is 30.5 Å². The van der Waals surface area contributed by atoms with Gasteiger partial charge in [-0.25, -0.2) is 4.98 Å². The van der Waals surface area contributed by atoms with Crippen molar-refractivity contribution in [2.45, 2.75) is 6.04 Å². The van der Waals surface area contributed by atoms with E-state index in [-0.39, 0.29) is 6.04 Å². The smallest absolute Gasteiger partial charge is 0.145 e. The predicted octanol–water partition coefficient (Wildman–Crippen LogP) is 1.40. The van der Waals surface area contributed by atoms with Gasteiger partial charge in [0.05, 0.1) is 6.04 Å². The minimum Gasteiger partial charge on any atom is -0.318 e. The SMILES string of the molecule is NC(c1ncn[nH]1)c1cncc2ccccc12. The third kappa shape index (κ3) is 1.66. The van der Waals surface area contributed by atoms with Crippen molar-refractivity contribution in [1.29, 1.82) is 0 Å². The number of rotatable bonds is 2. The van der Waals surface area contributed by atoms with Gasteiger partial charge in [0.15, 0.2) is 0 Å². The Morgan fingerprint density at radius 1 is 1.18 bits per heavy atom. The number of benzene rings is 1. The fraction of sp³-hybridized carbons (Fsp3) is 0.0833. The molecule has 3 N–H and O–H groups in total. The fourth-order valence-electron chi connectivity index (χ4n) is 1.90. The lowest BCUT2D eigenvalue weighted by atomic mass is 10.0. The van der Waals surface area contributed by atoms with Crippen LogP contribution in [0.15, 0.2) is 43.0 Å². The summed E-state index contributed by atoms with van der Waals surface area (Å²) in [7, 11) is 0. The molecule has 2 aromatic heterocycles. The highest BCUT2D eigenvalue weighted by molar-refractivity contribution is 5.85. The molecule has 2 heterocycles. The van der Waals surface area contributed by atoms with Crippen LogP contribution in [0.4, 0.5) is 0 Å². The molecule has 0 radical (unpaired) electrons. The van der Waals surface area contributed by atoms with E-state index >= 15 is 0 Å². The molecule has 84 valence electrons. The van der Waals surface area contributed by atoms with Crippen molar-refractivity contribution in [2.24, 2.45) is 5.73 Å². The van der Waals surface area contributed by atoms with Gasteiger partial charge in [0, 0.05) is 23.3 Å². The van der Waals surface area contributed by atoms with Gasteiger partial charge in [-0.15, -0.1) is 0 Å². The third-order valence-corrected chi connectivity index (χ3v) is 2.76. The highest BCUT2D eigenvalue weighted by atomic mass is 15.2. The summed E-state index contributed by atoms with van der Waals surface area (Å²) in [5.41, 5.74) is 7.10. The van der Waals surface area contributed by atoms with Gasteiger partial charge in [0.2, 0.25) is 0 Å². The number of pyridine rings is 1. The molecule has 1 atom stereocenters. The van der Waals surface area contributed by atoms with Crippen LogP contribution in [0.3, 0.4) is 0 Å². The molecule has 5 heteroatoms. The minimum atomic E-state index is -0.337. The standard InChI is InChI=1S/C12H11N5/c13-11(12-15-7-16-17-12)10-6-14-5-8-3-1-2-4-9(8)10/h1-7,11H,13H2,(H,15,16,17). The van der Waals surface area contributed by atoms with Crippen molar-refractivity contribution in [1.82, 2.24) is 20.2 Å². The van der Waals surface area contributed by atoms with E-state index < -0.39 is 0 Å². The molecule has 3 aromatic rings. The minimum absolute atomic E-state index is 0.337. The lowest BCUT2D eigenvalue weighted by molar-refractivity contribution is 0.789. The van der Waals surface area contributed by atoms with Crippen LogP contribution in [-0.4, -0.2) is 20.2 Å². The summed E-state index contributed by atoms with van der Waals surface area (Å²) in [6, 6.07) is 7.67. The van der Waals surface area contributed by atoms with Crippen molar-refractivity contribution in [3.63, 3.8) is 0 Å². The predicted molar refractivity (Wildman–Crippen MR) is 64.2 cm³/mol. The second kappa shape index (κ2) is 3.95. The molecule has 1 unspecified atom stereocenters. The second-order valence-corrected chi connectivity index (χ2v) is 3.80. The van der Waals surface area contributed by atoms with Crippen molar-refractivity contribution >= 4 is 10.8 Å². The zero-order chi connectivity index (χ0) is 11.7. The van der Waals surface area contributed by atoms with Crippen molar-refractivity contribution < 1.29 is 0 Å². The number of nitrogens with two attached hydrogens (primary N) is 1. The van der Waals surface area contributed by atoms with E-state index in [2.05, 4.69) is 20.2 Å². The highest BCUT2D eigenvalue weighted by Gasteiger charge is 2.14. The zero-order valence-corrected chi connectivity index (χ0v) is 9.04. The summed E-state index contributed by atoms with van der Waals surface area (Å²) in [6.07, 6.45) is 5.05. The summed E-state index contributed by atoms with van der Waals surface area (Å²) >= 11 is 0. The van der Waals surface area contributed by atoms with Crippen LogP contribution < -0.4 is 5.73 Å². The molecule has 0 bridgehead atoms. The number of hydrogen-bond donors (Lipinski definition) is 2. The Morgan fingerprint density at radius 2 is 2.06 bits per heavy atom. The van der Waals surface area contributed by atoms with Crippen LogP contribution >= 0.6 is 0 Å². The summed E-state index contributed by atoms with van der Waals surface area (Å²) in [5, 5.41) is 8.76. The van der Waals surface area contributed by atoms with Gasteiger partial charge in [-0.3, -0.25) is 10.1 Å². The third-order valence-electron chi connectivity index (χ3n) is 2.76. The lowest BCUT2D eigenvalue weighted by Gasteiger charge is -2.11. The molecule has 0 aliphatic rings. The molecule has 0 fully saturated rings. The number of aromatic nitrogens is 4. The molecule has 17 heavy (non-hydrogen) atoms. The van der Waals surface area contributed by atoms with Gasteiger partial charge >= 0.3 is 0 Å². The van der Waals surface area contributed by atoms with E-state index in [1.54, 1.807) is 6.20 Å². The number of hydrogen-bond acceptors (Lipinski definition) is 4. The van der Waals surface area contributed by atoms with Gasteiger partial charge in [-0.2, -0.15) is 5.10 Å². The van der Waals surface area contributed by atoms with E-state index in [1.165, 1.54) is 6.33 Å². The maximum atomic E-state index is 6.15. The summed E-state index contributed by atoms with van der Waals surface area (Å²) < 4.78 is 0. The molecule has 3 rings (SSSR count). The van der Waals surface area contributed by atoms with Gasteiger partial charge in [-0.05, 0) is 5.39 Å². The number of aromatic amines is 1. The Bertz CT molecular complexity index is 627. The first kappa shape index (κ1) is 9.92. The Labute approximate surface area is 97.7 Å². The molecule has 0 saturated heterocycles. The second-order valence-electron chi connectivity index (χ2n) is 3.80. The molecule has 1 aromatic carbocycles. The van der Waals surface area contributed by atoms with Crippen LogP contribution in [0.25, 0.3) is 10.8 Å². The molecule has 0 spiro atoms. The molecule has 0 aliphatic carbocycles. The molecule has 0 saturated carbocycles. The van der Waals surface area contributed by atoms with Crippen LogP contribution in [-0.2, 0) is 0 Å². The molecule has 0 amide bonds. The maximum absolute atomic E-state index is 6.15. The summed E-state index contributed by atoms with van der Waals surface area (Å²) in [6.45, 7) is 0. The average molecular weight is 225 g/mol. The van der Waals surface area contributed by atoms with Gasteiger partial charge < -0.3 is 5.73 Å². The first-order valence-electron chi connectivity index (χ1n) is 5.30. The van der Waals surface area contributed by atoms with Gasteiger partial charge in [0.1, 0.15) is 12.2 Å². The Balaban J connectivity index is 2.17. The normalized spacial score (nSPS) is 12.8. The maximum Gasteiger partial charge on any atom is 0.145 e. The summed E-state index contributed by atoms with van der Waals surface area (Å²) in [5.74, 6) is 0.642. The average Bonchev–Trinajstić information content (AvgIpc) is 2.91. The number of nitrogens with one attached hydrogen (secondary N) is 1. The highest BCUT2D eigenvalue weighted by Crippen LogP contribution is 2.24. The van der Waals surface area contributed by atoms with Crippen molar-refractivity contribution in [2.75, 3.05) is 0 Å². The Morgan fingerprint density at radius 3 is 2.88 bits per heavy atom. The Hall–Kier alpha value is -2.27. The van der Waals surface area contributed by atoms with Gasteiger partial charge in [0.25, 0.3) is 0 Å². The first-order valence-corrected chi connectivity index (χ1v) is 5.30. The molecule has 5 nitrogen and oxygen atoms in total. The van der Waals surface area contributed by atoms with Crippen molar-refractivity contribution in [3.05, 3.63) is 54.4 Å². The van der Waals surface area contributed by atoms with Gasteiger partial charge in [-0.1, -0.05) is 24.3 Å². The molecular weight excluding hydrogens is 214 g/mol. The van der Waals surface area contributed by atoms with Crippen LogP contribution in [0, 0.1) is 0 Å². The molecule has 0 aliphatic heterocycles.